The first kappa shape index (κ1) is 11.8. The van der Waals surface area contributed by atoms with Crippen LogP contribution in [0.5, 0.6) is 0 Å². The van der Waals surface area contributed by atoms with Crippen LogP contribution in [0.1, 0.15) is 11.3 Å². The molecule has 17 heavy (non-hydrogen) atoms. The van der Waals surface area contributed by atoms with Crippen LogP contribution >= 0.6 is 0 Å². The van der Waals surface area contributed by atoms with Crippen molar-refractivity contribution >= 4 is 5.65 Å². The number of nitrogens with zero attached hydrogens (tertiary/aromatic N) is 4. The van der Waals surface area contributed by atoms with E-state index in [0.29, 0.717) is 5.56 Å². The van der Waals surface area contributed by atoms with Gasteiger partial charge in [0.15, 0.2) is 11.3 Å². The quantitative estimate of drug-likeness (QED) is 0.817. The minimum absolute atomic E-state index is 0.113. The number of alkyl halides is 3. The lowest BCUT2D eigenvalue weighted by molar-refractivity contribution is -0.141. The molecule has 0 fully saturated rings. The highest BCUT2D eigenvalue weighted by Crippen LogP contribution is 2.28. The summed E-state index contributed by atoms with van der Waals surface area (Å²) in [7, 11) is 1.43. The smallest absolute Gasteiger partial charge is 0.314 e. The highest BCUT2D eigenvalue weighted by Gasteiger charge is 2.34. The number of fused-ring (bicyclic) bond motifs is 1. The van der Waals surface area contributed by atoms with Crippen LogP contribution in [0.25, 0.3) is 5.65 Å². The third kappa shape index (κ3) is 2.53. The van der Waals surface area contributed by atoms with Gasteiger partial charge in [0.1, 0.15) is 0 Å². The van der Waals surface area contributed by atoms with Crippen LogP contribution in [-0.4, -0.2) is 31.9 Å². The summed E-state index contributed by atoms with van der Waals surface area (Å²) in [6.45, 7) is 0.157. The van der Waals surface area contributed by atoms with Gasteiger partial charge in [-0.1, -0.05) is 0 Å². The molecule has 0 aliphatic rings. The largest absolute Gasteiger partial charge is 0.435 e. The van der Waals surface area contributed by atoms with Crippen molar-refractivity contribution in [2.24, 2.45) is 0 Å². The Bertz CT molecular complexity index is 535. The van der Waals surface area contributed by atoms with E-state index in [4.69, 9.17) is 5.21 Å². The number of aromatic nitrogens is 3. The SMILES string of the molecule is CN(O)Cc1cnc2cc(C(F)(F)F)nn2c1. The molecule has 0 aliphatic carbocycles. The fourth-order valence-electron chi connectivity index (χ4n) is 1.40. The Hall–Kier alpha value is -1.67. The molecule has 0 atom stereocenters. The molecule has 0 bridgehead atoms. The van der Waals surface area contributed by atoms with Crippen molar-refractivity contribution in [3.05, 3.63) is 29.7 Å². The molecule has 1 N–H and O–H groups in total. The first-order chi connectivity index (χ1) is 7.86. The zero-order chi connectivity index (χ0) is 12.6. The zero-order valence-electron chi connectivity index (χ0n) is 8.81. The Morgan fingerprint density at radius 3 is 2.76 bits per heavy atom. The molecule has 2 aromatic heterocycles. The first-order valence-corrected chi connectivity index (χ1v) is 4.68. The standard InChI is InChI=1S/C9H9F3N4O/c1-15(17)4-6-3-13-8-2-7(9(10,11)12)14-16(8)5-6/h2-3,5,17H,4H2,1H3. The second-order valence-electron chi connectivity index (χ2n) is 3.61. The van der Waals surface area contributed by atoms with Crippen molar-refractivity contribution in [3.8, 4) is 0 Å². The van der Waals surface area contributed by atoms with Crippen LogP contribution < -0.4 is 0 Å². The molecular formula is C9H9F3N4O. The molecule has 2 aromatic rings. The second kappa shape index (κ2) is 3.97. The van der Waals surface area contributed by atoms with Crippen LogP contribution in [-0.2, 0) is 12.7 Å². The monoisotopic (exact) mass is 246 g/mol. The Labute approximate surface area is 94.1 Å². The summed E-state index contributed by atoms with van der Waals surface area (Å²) in [6.07, 6.45) is -1.70. The van der Waals surface area contributed by atoms with E-state index in [2.05, 4.69) is 10.1 Å². The second-order valence-corrected chi connectivity index (χ2v) is 3.61. The van der Waals surface area contributed by atoms with Gasteiger partial charge >= 0.3 is 6.18 Å². The van der Waals surface area contributed by atoms with Gasteiger partial charge in [-0.3, -0.25) is 0 Å². The maximum Gasteiger partial charge on any atom is 0.435 e. The number of hydrogen-bond donors (Lipinski definition) is 1. The summed E-state index contributed by atoms with van der Waals surface area (Å²) in [5, 5.41) is 13.3. The highest BCUT2D eigenvalue weighted by atomic mass is 19.4. The molecule has 0 amide bonds. The molecular weight excluding hydrogens is 237 g/mol. The van der Waals surface area contributed by atoms with Gasteiger partial charge in [0, 0.05) is 31.1 Å². The lowest BCUT2D eigenvalue weighted by atomic mass is 10.3. The van der Waals surface area contributed by atoms with Crippen molar-refractivity contribution in [1.82, 2.24) is 19.7 Å². The zero-order valence-corrected chi connectivity index (χ0v) is 8.81. The minimum Gasteiger partial charge on any atom is -0.314 e. The van der Waals surface area contributed by atoms with Gasteiger partial charge in [0.25, 0.3) is 0 Å². The maximum atomic E-state index is 12.4. The summed E-state index contributed by atoms with van der Waals surface area (Å²) < 4.78 is 38.2. The summed E-state index contributed by atoms with van der Waals surface area (Å²) in [5.74, 6) is 0. The van der Waals surface area contributed by atoms with Crippen LogP contribution in [0.2, 0.25) is 0 Å². The molecule has 2 rings (SSSR count). The van der Waals surface area contributed by atoms with E-state index >= 15 is 0 Å². The Morgan fingerprint density at radius 1 is 1.47 bits per heavy atom. The van der Waals surface area contributed by atoms with Gasteiger partial charge in [-0.2, -0.15) is 23.3 Å². The fourth-order valence-corrected chi connectivity index (χ4v) is 1.40. The third-order valence-corrected chi connectivity index (χ3v) is 2.07. The van der Waals surface area contributed by atoms with Crippen LogP contribution in [0.15, 0.2) is 18.5 Å². The van der Waals surface area contributed by atoms with E-state index in [1.807, 2.05) is 0 Å². The molecule has 8 heteroatoms. The number of hydrogen-bond acceptors (Lipinski definition) is 4. The molecule has 0 unspecified atom stereocenters. The summed E-state index contributed by atoms with van der Waals surface area (Å²) in [4.78, 5) is 3.83. The van der Waals surface area contributed by atoms with Gasteiger partial charge in [0.2, 0.25) is 0 Å². The van der Waals surface area contributed by atoms with E-state index in [0.717, 1.165) is 15.6 Å². The van der Waals surface area contributed by atoms with E-state index in [-0.39, 0.29) is 12.2 Å². The Kier molecular flexibility index (Phi) is 2.76. The van der Waals surface area contributed by atoms with Crippen molar-refractivity contribution < 1.29 is 18.4 Å². The van der Waals surface area contributed by atoms with Gasteiger partial charge in [-0.05, 0) is 0 Å². The maximum absolute atomic E-state index is 12.4. The van der Waals surface area contributed by atoms with Gasteiger partial charge in [-0.25, -0.2) is 9.50 Å². The van der Waals surface area contributed by atoms with Gasteiger partial charge < -0.3 is 5.21 Å². The normalized spacial score (nSPS) is 12.6. The average Bonchev–Trinajstić information content (AvgIpc) is 2.58. The van der Waals surface area contributed by atoms with Crippen molar-refractivity contribution in [1.29, 1.82) is 0 Å². The number of halogens is 3. The molecule has 92 valence electrons. The summed E-state index contributed by atoms with van der Waals surface area (Å²) >= 11 is 0. The summed E-state index contributed by atoms with van der Waals surface area (Å²) in [5.41, 5.74) is -0.319. The molecule has 2 heterocycles. The predicted molar refractivity (Wildman–Crippen MR) is 51.2 cm³/mol. The summed E-state index contributed by atoms with van der Waals surface area (Å²) in [6, 6.07) is 0.867. The lowest BCUT2D eigenvalue weighted by Gasteiger charge is -2.07. The van der Waals surface area contributed by atoms with Gasteiger partial charge in [0.05, 0.1) is 6.54 Å². The number of rotatable bonds is 2. The van der Waals surface area contributed by atoms with Crippen molar-refractivity contribution in [2.75, 3.05) is 7.05 Å². The van der Waals surface area contributed by atoms with E-state index < -0.39 is 11.9 Å². The molecule has 0 radical (unpaired) electrons. The number of hydroxylamine groups is 2. The topological polar surface area (TPSA) is 53.7 Å². The molecule has 5 nitrogen and oxygen atoms in total. The Morgan fingerprint density at radius 2 is 2.18 bits per heavy atom. The first-order valence-electron chi connectivity index (χ1n) is 4.68. The highest BCUT2D eigenvalue weighted by molar-refractivity contribution is 5.40. The third-order valence-electron chi connectivity index (χ3n) is 2.07. The average molecular weight is 246 g/mol. The molecule has 0 spiro atoms. The van der Waals surface area contributed by atoms with Crippen LogP contribution in [0.4, 0.5) is 13.2 Å². The lowest BCUT2D eigenvalue weighted by Crippen LogP contribution is -2.12. The minimum atomic E-state index is -4.48. The molecule has 0 saturated heterocycles. The van der Waals surface area contributed by atoms with E-state index in [9.17, 15) is 13.2 Å². The van der Waals surface area contributed by atoms with E-state index in [1.165, 1.54) is 19.4 Å². The fraction of sp³-hybridized carbons (Fsp3) is 0.333. The van der Waals surface area contributed by atoms with Gasteiger partial charge in [-0.15, -0.1) is 0 Å². The molecule has 0 aromatic carbocycles. The molecule has 0 aliphatic heterocycles. The predicted octanol–water partition coefficient (Wildman–Crippen LogP) is 1.57. The van der Waals surface area contributed by atoms with Crippen LogP contribution in [0.3, 0.4) is 0 Å². The molecule has 0 saturated carbocycles. The Balaban J connectivity index is 2.41. The van der Waals surface area contributed by atoms with Crippen molar-refractivity contribution in [3.63, 3.8) is 0 Å². The van der Waals surface area contributed by atoms with E-state index in [1.54, 1.807) is 0 Å². The van der Waals surface area contributed by atoms with Crippen LogP contribution in [0, 0.1) is 0 Å². The van der Waals surface area contributed by atoms with Crippen molar-refractivity contribution in [2.45, 2.75) is 12.7 Å².